The first-order chi connectivity index (χ1) is 37.9. The van der Waals surface area contributed by atoms with Gasteiger partial charge in [-0.1, -0.05) is 128 Å². The number of carbonyl (C=O) groups is 9. The van der Waals surface area contributed by atoms with Crippen LogP contribution in [0, 0.1) is 34.5 Å². The monoisotopic (exact) mass is 1180 g/mol. The zero-order valence-electron chi connectivity index (χ0n) is 49.9. The van der Waals surface area contributed by atoms with Gasteiger partial charge in [-0.25, -0.2) is 9.59 Å². The van der Waals surface area contributed by atoms with E-state index in [9.17, 15) is 48.3 Å². The third kappa shape index (κ3) is 19.0. The van der Waals surface area contributed by atoms with Gasteiger partial charge in [-0.15, -0.1) is 0 Å². The van der Waals surface area contributed by atoms with Crippen molar-refractivity contribution in [2.24, 2.45) is 46.0 Å². The van der Waals surface area contributed by atoms with Crippen LogP contribution in [-0.4, -0.2) is 136 Å². The van der Waals surface area contributed by atoms with Crippen molar-refractivity contribution in [1.29, 1.82) is 0 Å². The molecular formula is C60H90Cl2N10O10. The number of carbonyl (C=O) groups excluding carboxylic acids is 9. The molecule has 20 nitrogen and oxygen atoms in total. The quantitative estimate of drug-likeness (QED) is 0.0780. The molecule has 9 atom stereocenters. The number of ketones is 1. The molecule has 2 aliphatic heterocycles. The van der Waals surface area contributed by atoms with Crippen molar-refractivity contribution in [1.82, 2.24) is 41.7 Å². The van der Waals surface area contributed by atoms with Crippen molar-refractivity contribution in [2.45, 2.75) is 188 Å². The van der Waals surface area contributed by atoms with Gasteiger partial charge in [0.1, 0.15) is 12.1 Å². The van der Waals surface area contributed by atoms with Crippen molar-refractivity contribution in [2.75, 3.05) is 26.2 Å². The van der Waals surface area contributed by atoms with E-state index >= 15 is 0 Å². The number of primary amides is 2. The average molecular weight is 1180 g/mol. The first kappa shape index (κ1) is 66.8. The number of nitrogens with one attached hydrogen (secondary N) is 6. The summed E-state index contributed by atoms with van der Waals surface area (Å²) in [4.78, 5) is 120. The molecule has 2 saturated carbocycles. The summed E-state index contributed by atoms with van der Waals surface area (Å²) < 4.78 is 0. The molecule has 2 saturated heterocycles. The Morgan fingerprint density at radius 2 is 0.915 bits per heavy atom. The minimum Gasteiger partial charge on any atom is -0.381 e. The number of amides is 10. The third-order valence-electron chi connectivity index (χ3n) is 15.8. The fourth-order valence-corrected chi connectivity index (χ4v) is 11.1. The minimum absolute atomic E-state index is 0.0774. The van der Waals surface area contributed by atoms with Gasteiger partial charge in [-0.05, 0) is 112 Å². The second-order valence-electron chi connectivity index (χ2n) is 27.1. The molecule has 4 aliphatic rings. The fraction of sp³-hybridized carbons (Fsp3) is 0.650. The van der Waals surface area contributed by atoms with Crippen LogP contribution < -0.4 is 43.4 Å². The number of Topliss-reactive ketones (excluding diaryl/α,β-unsaturated/α-hetero) is 1. The Labute approximate surface area is 493 Å². The number of halogens is 2. The van der Waals surface area contributed by atoms with Crippen LogP contribution in [0.1, 0.15) is 157 Å². The summed E-state index contributed by atoms with van der Waals surface area (Å²) in [7, 11) is 0. The van der Waals surface area contributed by atoms with Crippen molar-refractivity contribution in [3.63, 3.8) is 0 Å². The standard InChI is InChI=1S/C30H46ClN5O5.C30H44ClN5O5/c2*1-29(2,3)24(34-28(41)35-30(4,5)6)27(40)36-15-20(18-10-12-19(31)13-11-18)21(16-36)26(39)33-22(23(37)25(32)38)14-17-8-7-9-17/h10-13,17,20-24,37H,7-9,14-16H2,1-6H3,(H2,32,38)(H,33,39)(H2,34,35,41);10-13,17,20-22,24H,7-9,14-16H2,1-6H3,(H2,32,38)(H,33,39)(H2,34,35,41)/t20-,21+,22?,23?,24+;20-,21+,22?,24+/m00/s1. The second kappa shape index (κ2) is 27.6. The first-order valence-corrected chi connectivity index (χ1v) is 29.4. The molecule has 454 valence electrons. The van der Waals surface area contributed by atoms with Crippen LogP contribution >= 0.6 is 23.2 Å². The van der Waals surface area contributed by atoms with Crippen molar-refractivity contribution < 1.29 is 48.3 Å². The molecule has 0 radical (unpaired) electrons. The lowest BCUT2D eigenvalue weighted by Gasteiger charge is -2.34. The van der Waals surface area contributed by atoms with Crippen molar-refractivity contribution in [3.8, 4) is 0 Å². The lowest BCUT2D eigenvalue weighted by atomic mass is 9.79. The molecule has 22 heteroatoms. The smallest absolute Gasteiger partial charge is 0.315 e. The summed E-state index contributed by atoms with van der Waals surface area (Å²) in [6, 6.07) is 9.79. The van der Waals surface area contributed by atoms with E-state index in [0.29, 0.717) is 28.8 Å². The van der Waals surface area contributed by atoms with Gasteiger partial charge in [0.05, 0.1) is 23.9 Å². The lowest BCUT2D eigenvalue weighted by molar-refractivity contribution is -0.139. The number of rotatable bonds is 18. The van der Waals surface area contributed by atoms with E-state index in [4.69, 9.17) is 34.7 Å². The average Bonchev–Trinajstić information content (AvgIpc) is 4.22. The van der Waals surface area contributed by atoms with Gasteiger partial charge in [0, 0.05) is 59.1 Å². The van der Waals surface area contributed by atoms with E-state index in [-0.39, 0.29) is 55.7 Å². The predicted molar refractivity (Wildman–Crippen MR) is 315 cm³/mol. The molecule has 6 rings (SSSR count). The van der Waals surface area contributed by atoms with Crippen LogP contribution in [0.15, 0.2) is 48.5 Å². The highest BCUT2D eigenvalue weighted by atomic mass is 35.5. The number of nitrogens with zero attached hydrogens (tertiary/aromatic N) is 2. The summed E-state index contributed by atoms with van der Waals surface area (Å²) >= 11 is 12.2. The van der Waals surface area contributed by atoms with Crippen LogP contribution in [0.5, 0.6) is 0 Å². The molecule has 2 heterocycles. The predicted octanol–water partition coefficient (Wildman–Crippen LogP) is 6.04. The number of hydrogen-bond donors (Lipinski definition) is 9. The number of urea groups is 2. The Morgan fingerprint density at radius 3 is 1.23 bits per heavy atom. The second-order valence-corrected chi connectivity index (χ2v) is 28.0. The molecular weight excluding hydrogens is 1090 g/mol. The number of benzene rings is 2. The highest BCUT2D eigenvalue weighted by Gasteiger charge is 2.48. The van der Waals surface area contributed by atoms with Crippen LogP contribution in [0.2, 0.25) is 10.0 Å². The zero-order chi connectivity index (χ0) is 61.4. The van der Waals surface area contributed by atoms with Gasteiger partial charge in [0.25, 0.3) is 5.91 Å². The van der Waals surface area contributed by atoms with E-state index in [1.807, 2.05) is 107 Å². The maximum atomic E-state index is 13.9. The molecule has 10 amide bonds. The van der Waals surface area contributed by atoms with Crippen LogP contribution in [0.25, 0.3) is 0 Å². The third-order valence-corrected chi connectivity index (χ3v) is 16.3. The van der Waals surface area contributed by atoms with Crippen LogP contribution in [0.4, 0.5) is 9.59 Å². The van der Waals surface area contributed by atoms with E-state index in [0.717, 1.165) is 49.7 Å². The zero-order valence-corrected chi connectivity index (χ0v) is 51.4. The molecule has 82 heavy (non-hydrogen) atoms. The van der Waals surface area contributed by atoms with E-state index < -0.39 is 105 Å². The van der Waals surface area contributed by atoms with Gasteiger partial charge in [0.2, 0.25) is 35.3 Å². The van der Waals surface area contributed by atoms with Crippen LogP contribution in [-0.2, 0) is 33.6 Å². The SMILES string of the molecule is CC(C)(C)NC(=O)N[C@H](C(=O)N1C[C@@H](C(=O)NC(CC2CCC2)C(=O)C(N)=O)[C@H](c2ccc(Cl)cc2)C1)C(C)(C)C.CC(C)(C)NC(=O)N[C@H](C(=O)N1C[C@@H](C(=O)NC(CC2CCC2)C(O)C(N)=O)[C@H](c2ccc(Cl)cc2)C1)C(C)(C)C. The number of aliphatic hydroxyl groups excluding tert-OH is 1. The number of nitrogens with two attached hydrogens (primary N) is 2. The van der Waals surface area contributed by atoms with Gasteiger partial charge >= 0.3 is 12.1 Å². The summed E-state index contributed by atoms with van der Waals surface area (Å²) in [5.74, 6) is -5.75. The van der Waals surface area contributed by atoms with Crippen molar-refractivity contribution in [3.05, 3.63) is 69.7 Å². The van der Waals surface area contributed by atoms with Gasteiger partial charge in [0.15, 0.2) is 6.10 Å². The summed E-state index contributed by atoms with van der Waals surface area (Å²) in [5.41, 5.74) is 10.1. The molecule has 0 bridgehead atoms. The number of hydrogen-bond acceptors (Lipinski definition) is 10. The highest BCUT2D eigenvalue weighted by molar-refractivity contribution is 6.37. The highest BCUT2D eigenvalue weighted by Crippen LogP contribution is 2.39. The molecule has 2 aromatic carbocycles. The topological polar surface area (TPSA) is 305 Å². The van der Waals surface area contributed by atoms with Gasteiger partial charge in [-0.2, -0.15) is 0 Å². The number of aliphatic hydroxyl groups is 1. The summed E-state index contributed by atoms with van der Waals surface area (Å²) in [6.45, 7) is 23.0. The Bertz CT molecular complexity index is 2620. The van der Waals surface area contributed by atoms with Gasteiger partial charge < -0.3 is 58.3 Å². The molecule has 0 aromatic heterocycles. The maximum Gasteiger partial charge on any atom is 0.315 e. The summed E-state index contributed by atoms with van der Waals surface area (Å²) in [5, 5.41) is 28.6. The maximum absolute atomic E-state index is 13.9. The minimum atomic E-state index is -1.51. The Kier molecular flexibility index (Phi) is 22.5. The molecule has 4 fully saturated rings. The molecule has 11 N–H and O–H groups in total. The van der Waals surface area contributed by atoms with Gasteiger partial charge in [-0.3, -0.25) is 33.6 Å². The fourth-order valence-electron chi connectivity index (χ4n) is 10.9. The molecule has 2 aliphatic carbocycles. The molecule has 2 aromatic rings. The van der Waals surface area contributed by atoms with Crippen LogP contribution in [0.3, 0.4) is 0 Å². The normalized spacial score (nSPS) is 21.4. The Hall–Kier alpha value is -5.99. The molecule has 0 spiro atoms. The Balaban J connectivity index is 0.000000301. The molecule has 3 unspecified atom stereocenters. The largest absolute Gasteiger partial charge is 0.381 e. The lowest BCUT2D eigenvalue weighted by Crippen LogP contribution is -2.58. The van der Waals surface area contributed by atoms with Crippen molar-refractivity contribution >= 4 is 76.5 Å². The Morgan fingerprint density at radius 1 is 0.549 bits per heavy atom. The van der Waals surface area contributed by atoms with E-state index in [2.05, 4.69) is 31.9 Å². The summed E-state index contributed by atoms with van der Waals surface area (Å²) in [6.07, 6.45) is 5.23. The number of likely N-dealkylation sites (tertiary alicyclic amines) is 2. The van der Waals surface area contributed by atoms with E-state index in [1.165, 1.54) is 0 Å². The first-order valence-electron chi connectivity index (χ1n) is 28.6. The van der Waals surface area contributed by atoms with E-state index in [1.54, 1.807) is 34.1 Å².